The van der Waals surface area contributed by atoms with Crippen molar-refractivity contribution in [2.45, 2.75) is 44.6 Å². The van der Waals surface area contributed by atoms with Crippen LogP contribution in [-0.2, 0) is 22.1 Å². The predicted molar refractivity (Wildman–Crippen MR) is 141 cm³/mol. The van der Waals surface area contributed by atoms with Gasteiger partial charge in [-0.2, -0.15) is 13.2 Å². The van der Waals surface area contributed by atoms with Crippen LogP contribution < -0.4 is 15.0 Å². The first kappa shape index (κ1) is 28.7. The van der Waals surface area contributed by atoms with Gasteiger partial charge in [-0.1, -0.05) is 12.1 Å². The molecular weight excluding hydrogens is 530 g/mol. The molecule has 218 valence electrons. The lowest BCUT2D eigenvalue weighted by molar-refractivity contribution is -0.142. The Kier molecular flexibility index (Phi) is 8.60. The SMILES string of the molecule is CC1COCCN1C[C@H]1CN[C@H](C)CN1CC(=O)N1CCOc2nc(C(F)(F)F)c(Cc3ccc(F)cc3)cc21. The Morgan fingerprint density at radius 1 is 1.12 bits per heavy atom. The molecule has 12 heteroatoms. The zero-order valence-electron chi connectivity index (χ0n) is 22.7. The van der Waals surface area contributed by atoms with Crippen LogP contribution >= 0.6 is 0 Å². The molecule has 2 aromatic rings. The third-order valence-corrected chi connectivity index (χ3v) is 7.78. The molecule has 0 bridgehead atoms. The Balaban J connectivity index is 1.38. The van der Waals surface area contributed by atoms with Gasteiger partial charge in [-0.25, -0.2) is 9.37 Å². The molecule has 3 aliphatic rings. The van der Waals surface area contributed by atoms with Crippen LogP contribution in [0.5, 0.6) is 5.88 Å². The molecule has 0 aliphatic carbocycles. The number of piperazine rings is 1. The number of nitrogens with one attached hydrogen (secondary N) is 1. The molecule has 3 atom stereocenters. The number of morpholine rings is 1. The summed E-state index contributed by atoms with van der Waals surface area (Å²) < 4.78 is 66.4. The third kappa shape index (κ3) is 6.56. The van der Waals surface area contributed by atoms with Crippen molar-refractivity contribution in [3.8, 4) is 5.88 Å². The molecule has 2 saturated heterocycles. The molecule has 1 N–H and O–H groups in total. The summed E-state index contributed by atoms with van der Waals surface area (Å²) in [5, 5.41) is 3.50. The number of nitrogens with zero attached hydrogens (tertiary/aromatic N) is 4. The fourth-order valence-corrected chi connectivity index (χ4v) is 5.61. The topological polar surface area (TPSA) is 70.2 Å². The molecule has 4 heterocycles. The largest absolute Gasteiger partial charge is 0.474 e. The van der Waals surface area contributed by atoms with Gasteiger partial charge in [-0.3, -0.25) is 14.6 Å². The van der Waals surface area contributed by atoms with Crippen molar-refractivity contribution in [2.24, 2.45) is 0 Å². The molecule has 1 amide bonds. The van der Waals surface area contributed by atoms with E-state index in [2.05, 4.69) is 33.9 Å². The molecule has 0 radical (unpaired) electrons. The third-order valence-electron chi connectivity index (χ3n) is 7.78. The monoisotopic (exact) mass is 565 g/mol. The summed E-state index contributed by atoms with van der Waals surface area (Å²) >= 11 is 0. The van der Waals surface area contributed by atoms with E-state index in [4.69, 9.17) is 9.47 Å². The first-order valence-electron chi connectivity index (χ1n) is 13.7. The second kappa shape index (κ2) is 12.0. The molecule has 3 aliphatic heterocycles. The first-order chi connectivity index (χ1) is 19.1. The van der Waals surface area contributed by atoms with Crippen molar-refractivity contribution < 1.29 is 31.8 Å². The predicted octanol–water partition coefficient (Wildman–Crippen LogP) is 2.94. The number of pyridine rings is 1. The quantitative estimate of drug-likeness (QED) is 0.541. The average molecular weight is 566 g/mol. The number of aromatic nitrogens is 1. The number of halogens is 4. The maximum atomic E-state index is 14.0. The van der Waals surface area contributed by atoms with Crippen LogP contribution in [0.4, 0.5) is 23.2 Å². The van der Waals surface area contributed by atoms with E-state index in [-0.39, 0.29) is 67.3 Å². The Bertz CT molecular complexity index is 1200. The molecule has 1 unspecified atom stereocenters. The maximum absolute atomic E-state index is 14.0. The van der Waals surface area contributed by atoms with Crippen molar-refractivity contribution in [3.63, 3.8) is 0 Å². The summed E-state index contributed by atoms with van der Waals surface area (Å²) in [6.07, 6.45) is -4.84. The molecule has 40 heavy (non-hydrogen) atoms. The van der Waals surface area contributed by atoms with Crippen LogP contribution in [0, 0.1) is 5.82 Å². The summed E-state index contributed by atoms with van der Waals surface area (Å²) in [5.41, 5.74) is -0.447. The normalized spacial score (nSPS) is 24.4. The number of carbonyl (C=O) groups excluding carboxylic acids is 1. The van der Waals surface area contributed by atoms with Crippen molar-refractivity contribution >= 4 is 11.6 Å². The van der Waals surface area contributed by atoms with E-state index in [0.717, 1.165) is 19.6 Å². The van der Waals surface area contributed by atoms with E-state index in [1.165, 1.54) is 35.2 Å². The number of fused-ring (bicyclic) bond motifs is 1. The summed E-state index contributed by atoms with van der Waals surface area (Å²) in [4.78, 5) is 23.6. The number of rotatable bonds is 6. The molecule has 5 rings (SSSR count). The standard InChI is InChI=1S/C28H35F4N5O3/c1-18-14-36(23(13-33-18)15-35-7-9-39-17-19(35)2)16-25(38)37-8-10-40-27-24(37)12-21(26(34-27)28(30,31)32)11-20-3-5-22(29)6-4-20/h3-6,12,18-19,23,33H,7-11,13-17H2,1-2H3/t18-,19?,23-/m1/s1. The number of anilines is 1. The zero-order chi connectivity index (χ0) is 28.4. The van der Waals surface area contributed by atoms with Gasteiger partial charge in [-0.05, 0) is 49.6 Å². The van der Waals surface area contributed by atoms with Gasteiger partial charge in [0.2, 0.25) is 11.8 Å². The Morgan fingerprint density at radius 2 is 1.90 bits per heavy atom. The smallest absolute Gasteiger partial charge is 0.433 e. The molecular formula is C28H35F4N5O3. The van der Waals surface area contributed by atoms with Crippen LogP contribution in [0.2, 0.25) is 0 Å². The lowest BCUT2D eigenvalue weighted by Crippen LogP contribution is -2.62. The van der Waals surface area contributed by atoms with Gasteiger partial charge in [0, 0.05) is 44.3 Å². The second-order valence-corrected chi connectivity index (χ2v) is 10.8. The maximum Gasteiger partial charge on any atom is 0.433 e. The minimum absolute atomic E-state index is 0.0486. The number of amides is 1. The van der Waals surface area contributed by atoms with Crippen LogP contribution in [0.3, 0.4) is 0 Å². The van der Waals surface area contributed by atoms with Crippen LogP contribution in [0.15, 0.2) is 30.3 Å². The first-order valence-corrected chi connectivity index (χ1v) is 13.7. The highest BCUT2D eigenvalue weighted by molar-refractivity contribution is 5.96. The average Bonchev–Trinajstić information content (AvgIpc) is 2.91. The van der Waals surface area contributed by atoms with E-state index in [9.17, 15) is 22.4 Å². The minimum Gasteiger partial charge on any atom is -0.474 e. The van der Waals surface area contributed by atoms with E-state index < -0.39 is 17.7 Å². The molecule has 0 spiro atoms. The lowest BCUT2D eigenvalue weighted by Gasteiger charge is -2.44. The van der Waals surface area contributed by atoms with E-state index >= 15 is 0 Å². The number of carbonyl (C=O) groups is 1. The zero-order valence-corrected chi connectivity index (χ0v) is 22.7. The molecule has 1 aromatic heterocycles. The van der Waals surface area contributed by atoms with Crippen LogP contribution in [0.25, 0.3) is 0 Å². The number of ether oxygens (including phenoxy) is 2. The van der Waals surface area contributed by atoms with E-state index in [1.807, 2.05) is 0 Å². The number of alkyl halides is 3. The number of hydrogen-bond acceptors (Lipinski definition) is 7. The highest BCUT2D eigenvalue weighted by Gasteiger charge is 2.39. The molecule has 0 saturated carbocycles. The van der Waals surface area contributed by atoms with Crippen molar-refractivity contribution in [1.82, 2.24) is 20.1 Å². The Labute approximate surface area is 231 Å². The van der Waals surface area contributed by atoms with E-state index in [1.54, 1.807) is 0 Å². The van der Waals surface area contributed by atoms with Gasteiger partial charge in [0.1, 0.15) is 18.1 Å². The van der Waals surface area contributed by atoms with Gasteiger partial charge in [0.15, 0.2) is 5.69 Å². The molecule has 2 fully saturated rings. The Morgan fingerprint density at radius 3 is 2.62 bits per heavy atom. The fraction of sp³-hybridized carbons (Fsp3) is 0.571. The van der Waals surface area contributed by atoms with Gasteiger partial charge in [0.05, 0.1) is 26.3 Å². The van der Waals surface area contributed by atoms with Crippen molar-refractivity contribution in [1.29, 1.82) is 0 Å². The highest BCUT2D eigenvalue weighted by atomic mass is 19.4. The molecule has 1 aromatic carbocycles. The van der Waals surface area contributed by atoms with Crippen molar-refractivity contribution in [3.05, 3.63) is 53.0 Å². The molecule has 8 nitrogen and oxygen atoms in total. The van der Waals surface area contributed by atoms with Gasteiger partial charge in [0.25, 0.3) is 0 Å². The minimum atomic E-state index is -4.72. The summed E-state index contributed by atoms with van der Waals surface area (Å²) in [6, 6.07) is 7.21. The van der Waals surface area contributed by atoms with Crippen LogP contribution in [-0.4, -0.2) is 97.9 Å². The second-order valence-electron chi connectivity index (χ2n) is 10.8. The number of hydrogen-bond donors (Lipinski definition) is 1. The van der Waals surface area contributed by atoms with Gasteiger partial charge < -0.3 is 19.7 Å². The highest BCUT2D eigenvalue weighted by Crippen LogP contribution is 2.39. The summed E-state index contributed by atoms with van der Waals surface area (Å²) in [7, 11) is 0. The fourth-order valence-electron chi connectivity index (χ4n) is 5.61. The van der Waals surface area contributed by atoms with Gasteiger partial charge in [-0.15, -0.1) is 0 Å². The Hall–Kier alpha value is -2.80. The number of benzene rings is 1. The summed E-state index contributed by atoms with van der Waals surface area (Å²) in [6.45, 7) is 8.96. The lowest BCUT2D eigenvalue weighted by atomic mass is 10.0. The van der Waals surface area contributed by atoms with Crippen molar-refractivity contribution in [2.75, 3.05) is 64.0 Å². The van der Waals surface area contributed by atoms with E-state index in [0.29, 0.717) is 25.3 Å². The summed E-state index contributed by atoms with van der Waals surface area (Å²) in [5.74, 6) is -0.896. The van der Waals surface area contributed by atoms with Gasteiger partial charge >= 0.3 is 6.18 Å². The van der Waals surface area contributed by atoms with Crippen LogP contribution in [0.1, 0.15) is 30.7 Å².